The molecule has 17 heavy (non-hydrogen) atoms. The van der Waals surface area contributed by atoms with E-state index in [4.69, 9.17) is 0 Å². The van der Waals surface area contributed by atoms with Crippen molar-refractivity contribution >= 4 is 43.2 Å². The summed E-state index contributed by atoms with van der Waals surface area (Å²) in [5, 5.41) is 6.28. The van der Waals surface area contributed by atoms with Crippen LogP contribution in [0.5, 0.6) is 0 Å². The summed E-state index contributed by atoms with van der Waals surface area (Å²) in [4.78, 5) is 0. The quantitative estimate of drug-likeness (QED) is 0.423. The van der Waals surface area contributed by atoms with Gasteiger partial charge in [-0.05, 0) is 29.0 Å². The van der Waals surface area contributed by atoms with Crippen molar-refractivity contribution in [2.45, 2.75) is 0 Å². The van der Waals surface area contributed by atoms with Crippen molar-refractivity contribution in [3.8, 4) is 0 Å². The van der Waals surface area contributed by atoms with Crippen LogP contribution in [0.4, 0.5) is 0 Å². The van der Waals surface area contributed by atoms with Gasteiger partial charge in [0.2, 0.25) is 0 Å². The molecular weight excluding hydrogens is 226 g/mol. The minimum atomic E-state index is 1.31. The van der Waals surface area contributed by atoms with Crippen molar-refractivity contribution < 1.29 is 0 Å². The van der Waals surface area contributed by atoms with Crippen LogP contribution < -0.4 is 0 Å². The van der Waals surface area contributed by atoms with E-state index in [1.54, 1.807) is 0 Å². The van der Waals surface area contributed by atoms with Gasteiger partial charge in [0.1, 0.15) is 0 Å². The molecule has 82 valence electrons. The minimum absolute atomic E-state index is 1.31. The first-order valence-electron chi connectivity index (χ1n) is 5.69. The predicted octanol–water partition coefficient (Wildman–Crippen LogP) is 4.55. The lowest BCUT2D eigenvalue weighted by Crippen LogP contribution is -1.85. The van der Waals surface area contributed by atoms with Crippen molar-refractivity contribution in [1.29, 1.82) is 0 Å². The average Bonchev–Trinajstić information content (AvgIpc) is 2.93. The lowest BCUT2D eigenvalue weighted by Gasteiger charge is -1.97. The van der Waals surface area contributed by atoms with Crippen molar-refractivity contribution in [2.24, 2.45) is 7.05 Å². The number of rotatable bonds is 0. The topological polar surface area (TPSA) is 4.93 Å². The van der Waals surface area contributed by atoms with Crippen LogP contribution in [-0.2, 0) is 7.05 Å². The molecule has 0 bridgehead atoms. The highest BCUT2D eigenvalue weighted by molar-refractivity contribution is 7.18. The van der Waals surface area contributed by atoms with E-state index in [2.05, 4.69) is 59.5 Å². The first-order chi connectivity index (χ1) is 8.36. The first kappa shape index (κ1) is 9.25. The molecule has 4 aromatic rings. The largest absolute Gasteiger partial charge is 0.344 e. The Balaban J connectivity index is 2.45. The molecule has 0 fully saturated rings. The Kier molecular flexibility index (Phi) is 1.69. The zero-order chi connectivity index (χ0) is 11.4. The molecule has 0 aliphatic rings. The summed E-state index contributed by atoms with van der Waals surface area (Å²) in [6.45, 7) is 0. The van der Waals surface area contributed by atoms with Crippen LogP contribution in [0.15, 0.2) is 47.8 Å². The molecule has 0 saturated carbocycles. The van der Waals surface area contributed by atoms with Gasteiger partial charge in [0.15, 0.2) is 0 Å². The van der Waals surface area contributed by atoms with Gasteiger partial charge >= 0.3 is 0 Å². The zero-order valence-electron chi connectivity index (χ0n) is 9.47. The highest BCUT2D eigenvalue weighted by atomic mass is 32.1. The Morgan fingerprint density at radius 3 is 2.76 bits per heavy atom. The van der Waals surface area contributed by atoms with Gasteiger partial charge in [0.25, 0.3) is 0 Å². The average molecular weight is 237 g/mol. The van der Waals surface area contributed by atoms with Crippen molar-refractivity contribution in [2.75, 3.05) is 0 Å². The van der Waals surface area contributed by atoms with Crippen LogP contribution in [-0.4, -0.2) is 4.57 Å². The van der Waals surface area contributed by atoms with Crippen LogP contribution in [0.1, 0.15) is 0 Å². The fourth-order valence-electron chi connectivity index (χ4n) is 2.67. The van der Waals surface area contributed by atoms with Crippen molar-refractivity contribution in [1.82, 2.24) is 4.57 Å². The van der Waals surface area contributed by atoms with E-state index in [-0.39, 0.29) is 0 Å². The predicted molar refractivity (Wildman–Crippen MR) is 75.8 cm³/mol. The lowest BCUT2D eigenvalue weighted by molar-refractivity contribution is 1.01. The molecule has 0 atom stereocenters. The SMILES string of the molecule is Cn1c2ccccc2c2c3sccc3ccc21. The Bertz CT molecular complexity index is 851. The number of hydrogen-bond acceptors (Lipinski definition) is 1. The van der Waals surface area contributed by atoms with E-state index in [9.17, 15) is 0 Å². The third-order valence-electron chi connectivity index (χ3n) is 3.50. The third kappa shape index (κ3) is 1.08. The number of aryl methyl sites for hydroxylation is 1. The van der Waals surface area contributed by atoms with E-state index < -0.39 is 0 Å². The number of fused-ring (bicyclic) bond motifs is 5. The molecule has 0 radical (unpaired) electrons. The highest BCUT2D eigenvalue weighted by Crippen LogP contribution is 2.36. The van der Waals surface area contributed by atoms with Crippen molar-refractivity contribution in [3.63, 3.8) is 0 Å². The zero-order valence-corrected chi connectivity index (χ0v) is 10.3. The van der Waals surface area contributed by atoms with E-state index >= 15 is 0 Å². The minimum Gasteiger partial charge on any atom is -0.344 e. The number of aromatic nitrogens is 1. The second kappa shape index (κ2) is 3.11. The Morgan fingerprint density at radius 2 is 1.82 bits per heavy atom. The molecule has 0 amide bonds. The Hall–Kier alpha value is -1.80. The van der Waals surface area contributed by atoms with Crippen LogP contribution in [0.25, 0.3) is 31.9 Å². The fraction of sp³-hybridized carbons (Fsp3) is 0.0667. The first-order valence-corrected chi connectivity index (χ1v) is 6.57. The van der Waals surface area contributed by atoms with Gasteiger partial charge in [-0.3, -0.25) is 0 Å². The van der Waals surface area contributed by atoms with Crippen LogP contribution in [0.3, 0.4) is 0 Å². The second-order valence-electron chi connectivity index (χ2n) is 4.37. The fourth-order valence-corrected chi connectivity index (χ4v) is 3.62. The van der Waals surface area contributed by atoms with E-state index in [1.807, 2.05) is 11.3 Å². The molecule has 0 spiro atoms. The van der Waals surface area contributed by atoms with Gasteiger partial charge in [0.05, 0.1) is 5.52 Å². The summed E-state index contributed by atoms with van der Waals surface area (Å²) < 4.78 is 3.68. The normalized spacial score (nSPS) is 11.8. The van der Waals surface area contributed by atoms with Gasteiger partial charge in [-0.25, -0.2) is 0 Å². The molecule has 0 saturated heterocycles. The van der Waals surface area contributed by atoms with E-state index in [0.717, 1.165) is 0 Å². The second-order valence-corrected chi connectivity index (χ2v) is 5.29. The molecule has 2 heterocycles. The van der Waals surface area contributed by atoms with Gasteiger partial charge in [-0.15, -0.1) is 11.3 Å². The summed E-state index contributed by atoms with van der Waals surface area (Å²) in [5.74, 6) is 0. The Labute approximate surface area is 103 Å². The highest BCUT2D eigenvalue weighted by Gasteiger charge is 2.10. The Morgan fingerprint density at radius 1 is 0.941 bits per heavy atom. The smallest absolute Gasteiger partial charge is 0.0503 e. The summed E-state index contributed by atoms with van der Waals surface area (Å²) in [6, 6.07) is 15.3. The maximum Gasteiger partial charge on any atom is 0.0503 e. The molecule has 0 aliphatic carbocycles. The van der Waals surface area contributed by atoms with E-state index in [1.165, 1.54) is 31.9 Å². The molecule has 4 rings (SSSR count). The molecule has 0 unspecified atom stereocenters. The van der Waals surface area contributed by atoms with Crippen LogP contribution in [0, 0.1) is 0 Å². The number of hydrogen-bond donors (Lipinski definition) is 0. The van der Waals surface area contributed by atoms with Gasteiger partial charge in [-0.1, -0.05) is 24.3 Å². The molecule has 2 heteroatoms. The number of benzene rings is 2. The summed E-state index contributed by atoms with van der Waals surface area (Å²) in [5.41, 5.74) is 2.63. The van der Waals surface area contributed by atoms with Gasteiger partial charge < -0.3 is 4.57 Å². The van der Waals surface area contributed by atoms with Crippen LogP contribution >= 0.6 is 11.3 Å². The number of para-hydroxylation sites is 1. The maximum atomic E-state index is 2.28. The lowest BCUT2D eigenvalue weighted by atomic mass is 10.1. The molecule has 2 aromatic carbocycles. The molecular formula is C15H11NS. The monoisotopic (exact) mass is 237 g/mol. The van der Waals surface area contributed by atoms with E-state index in [0.29, 0.717) is 0 Å². The van der Waals surface area contributed by atoms with Gasteiger partial charge in [-0.2, -0.15) is 0 Å². The van der Waals surface area contributed by atoms with Gasteiger partial charge in [0, 0.05) is 28.0 Å². The summed E-state index contributed by atoms with van der Waals surface area (Å²) in [7, 11) is 2.14. The standard InChI is InChI=1S/C15H11NS/c1-16-12-5-3-2-4-11(12)14-13(16)7-6-10-8-9-17-15(10)14/h2-9H,1H3. The maximum absolute atomic E-state index is 2.28. The summed E-state index contributed by atoms with van der Waals surface area (Å²) in [6.07, 6.45) is 0. The van der Waals surface area contributed by atoms with Crippen LogP contribution in [0.2, 0.25) is 0 Å². The molecule has 0 aliphatic heterocycles. The molecule has 0 N–H and O–H groups in total. The molecule has 2 aromatic heterocycles. The third-order valence-corrected chi connectivity index (χ3v) is 4.44. The summed E-state index contributed by atoms with van der Waals surface area (Å²) >= 11 is 1.83. The molecule has 1 nitrogen and oxygen atoms in total. The number of thiophene rings is 1. The van der Waals surface area contributed by atoms with Crippen molar-refractivity contribution in [3.05, 3.63) is 47.8 Å². The number of nitrogens with zero attached hydrogens (tertiary/aromatic N) is 1.